The number of aromatic nitrogens is 2. The van der Waals surface area contributed by atoms with Crippen molar-refractivity contribution in [1.29, 1.82) is 5.26 Å². The van der Waals surface area contributed by atoms with E-state index in [1.54, 1.807) is 13.3 Å². The third-order valence-electron chi connectivity index (χ3n) is 4.83. The minimum Gasteiger partial charge on any atom is -0.497 e. The van der Waals surface area contributed by atoms with E-state index in [9.17, 15) is 5.26 Å². The van der Waals surface area contributed by atoms with Gasteiger partial charge in [-0.15, -0.1) is 0 Å². The molecular weight excluding hydrogens is 336 g/mol. The Morgan fingerprint density at radius 2 is 1.85 bits per heavy atom. The van der Waals surface area contributed by atoms with Gasteiger partial charge in [-0.05, 0) is 55.0 Å². The number of nitriles is 1. The lowest BCUT2D eigenvalue weighted by atomic mass is 10.0. The minimum absolute atomic E-state index is 0.616. The molecule has 4 rings (SSSR count). The molecule has 5 heteroatoms. The fourth-order valence-corrected chi connectivity index (χ4v) is 3.28. The summed E-state index contributed by atoms with van der Waals surface area (Å²) >= 11 is 0. The Morgan fingerprint density at radius 1 is 1.07 bits per heavy atom. The predicted octanol–water partition coefficient (Wildman–Crippen LogP) is 4.46. The van der Waals surface area contributed by atoms with Gasteiger partial charge >= 0.3 is 0 Å². The van der Waals surface area contributed by atoms with Crippen LogP contribution < -0.4 is 10.5 Å². The highest BCUT2D eigenvalue weighted by Gasteiger charge is 2.15. The van der Waals surface area contributed by atoms with Gasteiger partial charge in [-0.1, -0.05) is 0 Å². The molecule has 0 aliphatic rings. The first-order chi connectivity index (χ1) is 13.1. The fourth-order valence-electron chi connectivity index (χ4n) is 3.28. The number of hydrogen-bond donors (Lipinski definition) is 1. The molecule has 0 saturated carbocycles. The van der Waals surface area contributed by atoms with Gasteiger partial charge in [0.1, 0.15) is 5.75 Å². The molecule has 0 saturated heterocycles. The molecular formula is C22H18N4O. The van der Waals surface area contributed by atoms with Crippen LogP contribution in [0.3, 0.4) is 0 Å². The summed E-state index contributed by atoms with van der Waals surface area (Å²) in [5.41, 5.74) is 12.3. The van der Waals surface area contributed by atoms with E-state index >= 15 is 0 Å². The number of nitrogens with zero attached hydrogens (tertiary/aromatic N) is 3. The van der Waals surface area contributed by atoms with Crippen LogP contribution in [0.2, 0.25) is 0 Å². The second-order valence-corrected chi connectivity index (χ2v) is 6.36. The van der Waals surface area contributed by atoms with Crippen LogP contribution in [-0.2, 0) is 0 Å². The summed E-state index contributed by atoms with van der Waals surface area (Å²) in [5, 5.41) is 10.3. The van der Waals surface area contributed by atoms with E-state index in [1.165, 1.54) is 0 Å². The summed E-state index contributed by atoms with van der Waals surface area (Å²) in [5.74, 6) is 0.804. The maximum Gasteiger partial charge on any atom is 0.119 e. The van der Waals surface area contributed by atoms with Gasteiger partial charge in [-0.3, -0.25) is 4.98 Å². The van der Waals surface area contributed by atoms with Gasteiger partial charge in [-0.2, -0.15) is 5.26 Å². The van der Waals surface area contributed by atoms with Gasteiger partial charge in [0.25, 0.3) is 0 Å². The molecule has 2 aromatic heterocycles. The third-order valence-corrected chi connectivity index (χ3v) is 4.83. The molecule has 2 aromatic carbocycles. The quantitative estimate of drug-likeness (QED) is 0.589. The minimum atomic E-state index is 0.616. The van der Waals surface area contributed by atoms with E-state index in [0.29, 0.717) is 11.3 Å². The number of anilines is 1. The standard InChI is InChI=1S/C22H18N4O/c1-14-19(11-25-12-21(14)24)20-13-26(16-4-6-17(27-2)7-5-16)22-8-3-15(10-23)9-18(20)22/h3-9,11-13H,24H2,1-2H3. The third kappa shape index (κ3) is 2.77. The number of hydrogen-bond acceptors (Lipinski definition) is 4. The maximum atomic E-state index is 9.34. The van der Waals surface area contributed by atoms with Crippen LogP contribution in [0.15, 0.2) is 61.1 Å². The lowest BCUT2D eigenvalue weighted by Gasteiger charge is -2.07. The van der Waals surface area contributed by atoms with Crippen LogP contribution in [0.25, 0.3) is 27.7 Å². The Bertz CT molecular complexity index is 1180. The van der Waals surface area contributed by atoms with Crippen LogP contribution in [0, 0.1) is 18.3 Å². The van der Waals surface area contributed by atoms with Gasteiger partial charge in [0, 0.05) is 34.6 Å². The van der Waals surface area contributed by atoms with Crippen molar-refractivity contribution in [3.63, 3.8) is 0 Å². The molecule has 0 aliphatic heterocycles. The van der Waals surface area contributed by atoms with E-state index in [2.05, 4.69) is 21.8 Å². The van der Waals surface area contributed by atoms with Crippen molar-refractivity contribution in [1.82, 2.24) is 9.55 Å². The number of nitrogen functional groups attached to an aromatic ring is 1. The Morgan fingerprint density at radius 3 is 2.56 bits per heavy atom. The predicted molar refractivity (Wildman–Crippen MR) is 107 cm³/mol. The Kier molecular flexibility index (Phi) is 4.02. The van der Waals surface area contributed by atoms with Gasteiger partial charge in [-0.25, -0.2) is 0 Å². The smallest absolute Gasteiger partial charge is 0.119 e. The van der Waals surface area contributed by atoms with Crippen molar-refractivity contribution in [2.75, 3.05) is 12.8 Å². The summed E-state index contributed by atoms with van der Waals surface area (Å²) in [6.07, 6.45) is 5.54. The number of benzene rings is 2. The number of fused-ring (bicyclic) bond motifs is 1. The zero-order chi connectivity index (χ0) is 19.0. The van der Waals surface area contributed by atoms with E-state index in [4.69, 9.17) is 10.5 Å². The largest absolute Gasteiger partial charge is 0.497 e. The van der Waals surface area contributed by atoms with Gasteiger partial charge in [0.2, 0.25) is 0 Å². The molecule has 0 atom stereocenters. The van der Waals surface area contributed by atoms with Crippen molar-refractivity contribution in [2.45, 2.75) is 6.92 Å². The van der Waals surface area contributed by atoms with Crippen molar-refractivity contribution in [3.05, 3.63) is 72.2 Å². The highest BCUT2D eigenvalue weighted by atomic mass is 16.5. The molecule has 2 heterocycles. The Balaban J connectivity index is 2.01. The zero-order valence-electron chi connectivity index (χ0n) is 15.1. The van der Waals surface area contributed by atoms with Crippen molar-refractivity contribution >= 4 is 16.6 Å². The normalized spacial score (nSPS) is 10.7. The number of ether oxygens (including phenoxy) is 1. The second-order valence-electron chi connectivity index (χ2n) is 6.36. The lowest BCUT2D eigenvalue weighted by molar-refractivity contribution is 0.415. The van der Waals surface area contributed by atoms with E-state index in [1.807, 2.05) is 55.6 Å². The van der Waals surface area contributed by atoms with Crippen LogP contribution in [0.4, 0.5) is 5.69 Å². The van der Waals surface area contributed by atoms with E-state index in [0.717, 1.165) is 39.0 Å². The van der Waals surface area contributed by atoms with Crippen molar-refractivity contribution in [2.24, 2.45) is 0 Å². The summed E-state index contributed by atoms with van der Waals surface area (Å²) < 4.78 is 7.36. The number of rotatable bonds is 3. The average molecular weight is 354 g/mol. The molecule has 27 heavy (non-hydrogen) atoms. The topological polar surface area (TPSA) is 76.9 Å². The van der Waals surface area contributed by atoms with Crippen LogP contribution in [-0.4, -0.2) is 16.7 Å². The molecule has 0 aliphatic carbocycles. The monoisotopic (exact) mass is 354 g/mol. The zero-order valence-corrected chi connectivity index (χ0v) is 15.1. The first kappa shape index (κ1) is 16.7. The number of nitrogens with two attached hydrogens (primary N) is 1. The average Bonchev–Trinajstić information content (AvgIpc) is 3.08. The van der Waals surface area contributed by atoms with Crippen molar-refractivity contribution in [3.8, 4) is 28.6 Å². The molecule has 0 spiro atoms. The van der Waals surface area contributed by atoms with Gasteiger partial charge < -0.3 is 15.0 Å². The fraction of sp³-hybridized carbons (Fsp3) is 0.0909. The molecule has 0 fully saturated rings. The van der Waals surface area contributed by atoms with E-state index in [-0.39, 0.29) is 0 Å². The Labute approximate surface area is 157 Å². The van der Waals surface area contributed by atoms with Crippen LogP contribution in [0.1, 0.15) is 11.1 Å². The van der Waals surface area contributed by atoms with Crippen molar-refractivity contribution < 1.29 is 4.74 Å². The summed E-state index contributed by atoms with van der Waals surface area (Å²) in [6.45, 7) is 1.98. The molecule has 5 nitrogen and oxygen atoms in total. The molecule has 132 valence electrons. The summed E-state index contributed by atoms with van der Waals surface area (Å²) in [7, 11) is 1.65. The highest BCUT2D eigenvalue weighted by molar-refractivity contribution is 5.99. The molecule has 0 unspecified atom stereocenters. The molecule has 0 bridgehead atoms. The molecule has 0 radical (unpaired) electrons. The molecule has 0 amide bonds. The van der Waals surface area contributed by atoms with E-state index < -0.39 is 0 Å². The number of methoxy groups -OCH3 is 1. The summed E-state index contributed by atoms with van der Waals surface area (Å²) in [4.78, 5) is 4.26. The second kappa shape index (κ2) is 6.50. The van der Waals surface area contributed by atoms with Crippen LogP contribution >= 0.6 is 0 Å². The van der Waals surface area contributed by atoms with Gasteiger partial charge in [0.05, 0.1) is 36.1 Å². The highest BCUT2D eigenvalue weighted by Crippen LogP contribution is 2.36. The molecule has 2 N–H and O–H groups in total. The first-order valence-electron chi connectivity index (χ1n) is 8.52. The molecule has 4 aromatic rings. The lowest BCUT2D eigenvalue weighted by Crippen LogP contribution is -1.94. The van der Waals surface area contributed by atoms with Gasteiger partial charge in [0.15, 0.2) is 0 Å². The van der Waals surface area contributed by atoms with Crippen LogP contribution in [0.5, 0.6) is 5.75 Å². The maximum absolute atomic E-state index is 9.34. The summed E-state index contributed by atoms with van der Waals surface area (Å²) in [6, 6.07) is 15.8. The SMILES string of the molecule is COc1ccc(-n2cc(-c3cncc(N)c3C)c3cc(C#N)ccc32)cc1. The number of pyridine rings is 1. The first-order valence-corrected chi connectivity index (χ1v) is 8.52. The Hall–Kier alpha value is -3.78.